The first-order chi connectivity index (χ1) is 13.3. The minimum absolute atomic E-state index is 0.0839. The Morgan fingerprint density at radius 2 is 1.89 bits per heavy atom. The van der Waals surface area contributed by atoms with E-state index in [1.165, 1.54) is 27.5 Å². The van der Waals surface area contributed by atoms with E-state index in [-0.39, 0.29) is 24.7 Å². The fraction of sp³-hybridized carbons (Fsp3) is 0.278. The number of aryl methyl sites for hydroxylation is 1. The van der Waals surface area contributed by atoms with Gasteiger partial charge >= 0.3 is 11.9 Å². The Labute approximate surface area is 157 Å². The molecule has 0 saturated heterocycles. The van der Waals surface area contributed by atoms with Crippen LogP contribution in [0.25, 0.3) is 11.0 Å². The highest BCUT2D eigenvalue weighted by molar-refractivity contribution is 5.80. The molecule has 2 heterocycles. The predicted octanol–water partition coefficient (Wildman–Crippen LogP) is 1.99. The normalized spacial score (nSPS) is 11.6. The number of aromatic nitrogens is 3. The van der Waals surface area contributed by atoms with Crippen LogP contribution in [0, 0.1) is 0 Å². The quantitative estimate of drug-likeness (QED) is 0.694. The molecular formula is C18H17F3N4O3. The maximum atomic E-state index is 12.3. The molecule has 28 heavy (non-hydrogen) atoms. The van der Waals surface area contributed by atoms with Gasteiger partial charge in [0.2, 0.25) is 11.8 Å². The molecule has 10 heteroatoms. The first-order valence-electron chi connectivity index (χ1n) is 8.30. The van der Waals surface area contributed by atoms with Crippen LogP contribution in [0.1, 0.15) is 5.56 Å². The molecular weight excluding hydrogens is 377 g/mol. The molecule has 0 fully saturated rings. The number of carbonyl (C=O) groups is 1. The number of fused-ring (bicyclic) bond motifs is 1. The molecule has 0 aliphatic rings. The second-order valence-corrected chi connectivity index (χ2v) is 6.06. The molecule has 1 amide bonds. The molecule has 0 unspecified atom stereocenters. The molecule has 0 saturated carbocycles. The fourth-order valence-electron chi connectivity index (χ4n) is 2.75. The third-order valence-corrected chi connectivity index (χ3v) is 4.05. The number of nitrogens with one attached hydrogen (secondary N) is 1. The van der Waals surface area contributed by atoms with Crippen LogP contribution in [0.15, 0.2) is 47.4 Å². The summed E-state index contributed by atoms with van der Waals surface area (Å²) >= 11 is 0. The van der Waals surface area contributed by atoms with Gasteiger partial charge in [-0.25, -0.2) is 9.78 Å². The van der Waals surface area contributed by atoms with Gasteiger partial charge in [-0.2, -0.15) is 13.2 Å². The van der Waals surface area contributed by atoms with Crippen LogP contribution < -0.4 is 15.7 Å². The van der Waals surface area contributed by atoms with Crippen LogP contribution in [0.3, 0.4) is 0 Å². The van der Waals surface area contributed by atoms with Crippen LogP contribution in [0.2, 0.25) is 0 Å². The number of imidazole rings is 1. The summed E-state index contributed by atoms with van der Waals surface area (Å²) in [5, 5.41) is 2.58. The lowest BCUT2D eigenvalue weighted by Gasteiger charge is -2.12. The zero-order valence-corrected chi connectivity index (χ0v) is 14.9. The maximum Gasteiger partial charge on any atom is 0.422 e. The molecule has 0 aliphatic heterocycles. The zero-order chi connectivity index (χ0) is 20.3. The fourth-order valence-corrected chi connectivity index (χ4v) is 2.75. The number of nitrogens with zero attached hydrogens (tertiary/aromatic N) is 3. The van der Waals surface area contributed by atoms with Crippen molar-refractivity contribution >= 4 is 16.9 Å². The van der Waals surface area contributed by atoms with Gasteiger partial charge < -0.3 is 10.1 Å². The van der Waals surface area contributed by atoms with Gasteiger partial charge in [-0.3, -0.25) is 13.9 Å². The van der Waals surface area contributed by atoms with Crippen LogP contribution in [0.5, 0.6) is 5.88 Å². The molecule has 2 aromatic heterocycles. The second kappa shape index (κ2) is 7.75. The van der Waals surface area contributed by atoms with Crippen LogP contribution in [0.4, 0.5) is 13.2 Å². The summed E-state index contributed by atoms with van der Waals surface area (Å²) in [5.74, 6) is -0.675. The highest BCUT2D eigenvalue weighted by atomic mass is 19.4. The van der Waals surface area contributed by atoms with Crippen molar-refractivity contribution in [2.45, 2.75) is 19.3 Å². The summed E-state index contributed by atoms with van der Waals surface area (Å²) < 4.78 is 44.5. The molecule has 3 rings (SSSR count). The van der Waals surface area contributed by atoms with Gasteiger partial charge in [0.05, 0.1) is 11.0 Å². The Kier molecular flexibility index (Phi) is 5.39. The molecule has 0 aliphatic carbocycles. The van der Waals surface area contributed by atoms with Gasteiger partial charge in [-0.15, -0.1) is 0 Å². The van der Waals surface area contributed by atoms with Crippen molar-refractivity contribution < 1.29 is 22.7 Å². The number of alkyl halides is 3. The van der Waals surface area contributed by atoms with Crippen molar-refractivity contribution in [1.82, 2.24) is 19.4 Å². The maximum absolute atomic E-state index is 12.3. The largest absolute Gasteiger partial charge is 0.468 e. The number of hydrogen-bond acceptors (Lipinski definition) is 4. The third-order valence-electron chi connectivity index (χ3n) is 4.05. The number of amides is 1. The van der Waals surface area contributed by atoms with Crippen molar-refractivity contribution in [3.05, 3.63) is 58.6 Å². The Morgan fingerprint density at radius 1 is 1.18 bits per heavy atom. The van der Waals surface area contributed by atoms with Crippen molar-refractivity contribution in [3.63, 3.8) is 0 Å². The van der Waals surface area contributed by atoms with E-state index in [4.69, 9.17) is 0 Å². The third kappa shape index (κ3) is 4.33. The lowest BCUT2D eigenvalue weighted by atomic mass is 10.2. The van der Waals surface area contributed by atoms with Gasteiger partial charge in [0.15, 0.2) is 6.61 Å². The average Bonchev–Trinajstić information content (AvgIpc) is 2.90. The summed E-state index contributed by atoms with van der Waals surface area (Å²) in [4.78, 5) is 28.4. The van der Waals surface area contributed by atoms with E-state index in [2.05, 4.69) is 15.0 Å². The zero-order valence-electron chi connectivity index (χ0n) is 14.9. The summed E-state index contributed by atoms with van der Waals surface area (Å²) in [6, 6.07) is 10.1. The summed E-state index contributed by atoms with van der Waals surface area (Å²) in [7, 11) is 1.61. The first kappa shape index (κ1) is 19.5. The number of para-hydroxylation sites is 2. The van der Waals surface area contributed by atoms with E-state index in [1.807, 2.05) is 0 Å². The van der Waals surface area contributed by atoms with Gasteiger partial charge in [0.25, 0.3) is 0 Å². The van der Waals surface area contributed by atoms with Crippen LogP contribution >= 0.6 is 0 Å². The highest BCUT2D eigenvalue weighted by Crippen LogP contribution is 2.20. The molecule has 7 nitrogen and oxygen atoms in total. The highest BCUT2D eigenvalue weighted by Gasteiger charge is 2.29. The molecule has 1 N–H and O–H groups in total. The minimum atomic E-state index is -4.49. The Balaban J connectivity index is 1.69. The Morgan fingerprint density at radius 3 is 2.61 bits per heavy atom. The summed E-state index contributed by atoms with van der Waals surface area (Å²) in [6.07, 6.45) is -3.19. The number of benzene rings is 1. The number of halogens is 3. The Hall–Kier alpha value is -3.30. The van der Waals surface area contributed by atoms with E-state index < -0.39 is 18.7 Å². The van der Waals surface area contributed by atoms with E-state index >= 15 is 0 Å². The lowest BCUT2D eigenvalue weighted by molar-refractivity contribution is -0.154. The molecule has 0 radical (unpaired) electrons. The summed E-state index contributed by atoms with van der Waals surface area (Å²) in [6.45, 7) is -1.78. The van der Waals surface area contributed by atoms with Gasteiger partial charge in [0, 0.05) is 25.4 Å². The molecule has 0 bridgehead atoms. The number of ether oxygens (including phenoxy) is 1. The SMILES string of the molecule is Cn1c(=O)n(CC(=O)NCc2cccnc2OCC(F)(F)F)c2ccccc21. The number of rotatable bonds is 6. The van der Waals surface area contributed by atoms with Crippen molar-refractivity contribution in [1.29, 1.82) is 0 Å². The van der Waals surface area contributed by atoms with E-state index in [0.717, 1.165) is 0 Å². The standard InChI is InChI=1S/C18H17F3N4O3/c1-24-13-6-2-3-7-14(13)25(17(24)27)10-15(26)23-9-12-5-4-8-22-16(12)28-11-18(19,20)21/h2-8H,9-11H2,1H3,(H,23,26). The topological polar surface area (TPSA) is 78.2 Å². The Bertz CT molecular complexity index is 1060. The van der Waals surface area contributed by atoms with Gasteiger partial charge in [0.1, 0.15) is 6.54 Å². The minimum Gasteiger partial charge on any atom is -0.468 e. The number of hydrogen-bond donors (Lipinski definition) is 1. The molecule has 148 valence electrons. The second-order valence-electron chi connectivity index (χ2n) is 6.06. The molecule has 3 aromatic rings. The number of carbonyl (C=O) groups excluding carboxylic acids is 1. The van der Waals surface area contributed by atoms with Gasteiger partial charge in [-0.1, -0.05) is 18.2 Å². The molecule has 0 spiro atoms. The number of pyridine rings is 1. The lowest BCUT2D eigenvalue weighted by Crippen LogP contribution is -2.32. The predicted molar refractivity (Wildman–Crippen MR) is 94.8 cm³/mol. The first-order valence-corrected chi connectivity index (χ1v) is 8.30. The molecule has 1 aromatic carbocycles. The monoisotopic (exact) mass is 394 g/mol. The van der Waals surface area contributed by atoms with Crippen LogP contribution in [-0.2, 0) is 24.9 Å². The van der Waals surface area contributed by atoms with E-state index in [1.54, 1.807) is 31.3 Å². The summed E-state index contributed by atoms with van der Waals surface area (Å²) in [5.41, 5.74) is 1.26. The van der Waals surface area contributed by atoms with E-state index in [9.17, 15) is 22.8 Å². The van der Waals surface area contributed by atoms with Gasteiger partial charge in [-0.05, 0) is 18.2 Å². The van der Waals surface area contributed by atoms with Crippen molar-refractivity contribution in [2.75, 3.05) is 6.61 Å². The molecule has 0 atom stereocenters. The average molecular weight is 394 g/mol. The van der Waals surface area contributed by atoms with Crippen LogP contribution in [-0.4, -0.2) is 32.8 Å². The smallest absolute Gasteiger partial charge is 0.422 e. The van der Waals surface area contributed by atoms with E-state index in [0.29, 0.717) is 16.6 Å². The van der Waals surface area contributed by atoms with Crippen molar-refractivity contribution in [2.24, 2.45) is 7.05 Å². The van der Waals surface area contributed by atoms with Crippen molar-refractivity contribution in [3.8, 4) is 5.88 Å².